The Bertz CT molecular complexity index is 2860. The number of unbranched alkanes of at least 4 members (excludes halogenated alkanes) is 14. The summed E-state index contributed by atoms with van der Waals surface area (Å²) in [6.45, 7) is 3.46. The lowest BCUT2D eigenvalue weighted by atomic mass is 9.92. The first-order valence-corrected chi connectivity index (χ1v) is 40.0. The first kappa shape index (κ1) is 98.8. The van der Waals surface area contributed by atoms with Gasteiger partial charge in [0.15, 0.2) is 31.3 Å². The van der Waals surface area contributed by atoms with Crippen LogP contribution in [0.3, 0.4) is 0 Å². The van der Waals surface area contributed by atoms with Crippen LogP contribution in [-0.4, -0.2) is 308 Å². The molecule has 18 unspecified atom stereocenters. The van der Waals surface area contributed by atoms with E-state index in [1.807, 2.05) is 0 Å². The van der Waals surface area contributed by atoms with Crippen molar-refractivity contribution in [3.8, 4) is 0 Å². The third-order valence-corrected chi connectivity index (χ3v) is 18.4. The van der Waals surface area contributed by atoms with Crippen LogP contribution < -0.4 is 21.3 Å². The Hall–Kier alpha value is -4.25. The van der Waals surface area contributed by atoms with Gasteiger partial charge in [-0.2, -0.15) is 25.3 Å². The molecule has 0 bridgehead atoms. The summed E-state index contributed by atoms with van der Waals surface area (Å²) < 4.78 is 151. The molecule has 18 atom stereocenters. The van der Waals surface area contributed by atoms with E-state index in [1.54, 1.807) is 0 Å². The van der Waals surface area contributed by atoms with Gasteiger partial charge in [0.1, 0.15) is 42.7 Å². The first-order valence-electron chi connectivity index (χ1n) is 35.9. The number of carbonyl (C=O) groups is 6. The van der Waals surface area contributed by atoms with Crippen LogP contribution in [0.5, 0.6) is 0 Å². The zero-order valence-electron chi connectivity index (χ0n) is 60.4. The van der Waals surface area contributed by atoms with Gasteiger partial charge in [-0.25, -0.2) is 12.5 Å². The number of amides is 4. The molecule has 44 heteroatoms. The quantitative estimate of drug-likeness (QED) is 0.0177. The van der Waals surface area contributed by atoms with E-state index in [-0.39, 0.29) is 69.3 Å². The number of ether oxygens (including phenoxy) is 8. The molecule has 2 aliphatic heterocycles. The number of aliphatic carboxylic acids is 2. The van der Waals surface area contributed by atoms with E-state index in [4.69, 9.17) is 47.0 Å². The van der Waals surface area contributed by atoms with Crippen molar-refractivity contribution in [2.45, 2.75) is 273 Å². The van der Waals surface area contributed by atoms with Crippen LogP contribution in [-0.2, 0) is 110 Å². The van der Waals surface area contributed by atoms with Crippen molar-refractivity contribution in [1.29, 1.82) is 0 Å². The molecule has 107 heavy (non-hydrogen) atoms. The maximum Gasteiger partial charge on any atom is 0.397 e. The minimum Gasteiger partial charge on any atom is -0.481 e. The molecule has 2 fully saturated rings. The Morgan fingerprint density at radius 1 is 0.393 bits per heavy atom. The molecule has 0 aromatic rings. The predicted octanol–water partition coefficient (Wildman–Crippen LogP) is -2.08. The maximum atomic E-state index is 12.3. The fourth-order valence-corrected chi connectivity index (χ4v) is 12.0. The van der Waals surface area contributed by atoms with Crippen LogP contribution in [0.15, 0.2) is 0 Å². The van der Waals surface area contributed by atoms with E-state index in [1.165, 1.54) is 13.8 Å². The molecule has 41 nitrogen and oxygen atoms in total. The van der Waals surface area contributed by atoms with E-state index in [0.717, 1.165) is 51.4 Å². The van der Waals surface area contributed by atoms with E-state index in [9.17, 15) is 115 Å². The SMILES string of the molecule is CC1C(OC(CC(=O)O)C(O)C(O)C(O)OCCCCCCNC(=O)CCCCCCCNC(=O)CCOCCCOCCC(=O)NCCCCCCCC(=O)NCCCCCCOC(O)C(OS(=O)(=O)O)C(O)C(CC(=O)O)OC2OC(COS(=O)(=O)O)C(O)C(O)C2C)OC(COS(=O)(=O)O)C(O)C1O. The molecule has 4 amide bonds. The number of aliphatic hydroxyl groups is 9. The van der Waals surface area contributed by atoms with Crippen LogP contribution >= 0.6 is 0 Å². The fourth-order valence-electron chi connectivity index (χ4n) is 10.9. The highest BCUT2D eigenvalue weighted by Crippen LogP contribution is 2.32. The summed E-state index contributed by atoms with van der Waals surface area (Å²) in [5.74, 6) is -5.85. The molecular formula is C63H116N4O37S3. The van der Waals surface area contributed by atoms with E-state index < -0.39 is 179 Å². The molecule has 0 aromatic carbocycles. The summed E-state index contributed by atoms with van der Waals surface area (Å²) in [4.78, 5) is 72.4. The number of aliphatic hydroxyl groups excluding tert-OH is 9. The van der Waals surface area contributed by atoms with Crippen molar-refractivity contribution in [2.24, 2.45) is 11.8 Å². The summed E-state index contributed by atoms with van der Waals surface area (Å²) in [7, 11) is -15.4. The van der Waals surface area contributed by atoms with Gasteiger partial charge in [0.05, 0.1) is 63.7 Å². The number of carbonyl (C=O) groups excluding carboxylic acids is 4. The Labute approximate surface area is 623 Å². The largest absolute Gasteiger partial charge is 0.481 e. The topological polar surface area (TPSA) is 638 Å². The second kappa shape index (κ2) is 54.4. The molecule has 0 spiro atoms. The van der Waals surface area contributed by atoms with Crippen molar-refractivity contribution in [3.05, 3.63) is 0 Å². The molecule has 0 saturated carbocycles. The van der Waals surface area contributed by atoms with Gasteiger partial charge in [-0.05, 0) is 57.8 Å². The minimum atomic E-state index is -5.44. The number of rotatable bonds is 64. The van der Waals surface area contributed by atoms with Gasteiger partial charge in [0, 0.05) is 90.1 Å². The zero-order valence-corrected chi connectivity index (χ0v) is 62.9. The van der Waals surface area contributed by atoms with Gasteiger partial charge >= 0.3 is 43.1 Å². The fraction of sp³-hybridized carbons (Fsp3) is 0.905. The lowest BCUT2D eigenvalue weighted by Crippen LogP contribution is -2.58. The lowest BCUT2D eigenvalue weighted by molar-refractivity contribution is -0.306. The molecular weight excluding hydrogens is 1500 g/mol. The van der Waals surface area contributed by atoms with E-state index in [2.05, 4.69) is 33.8 Å². The molecule has 0 aromatic heterocycles. The third-order valence-electron chi connectivity index (χ3n) is 17.1. The van der Waals surface area contributed by atoms with E-state index >= 15 is 0 Å². The molecule has 2 aliphatic rings. The monoisotopic (exact) mass is 1620 g/mol. The summed E-state index contributed by atoms with van der Waals surface area (Å²) in [5, 5.41) is 125. The summed E-state index contributed by atoms with van der Waals surface area (Å²) >= 11 is 0. The molecule has 2 heterocycles. The van der Waals surface area contributed by atoms with Gasteiger partial charge in [-0.1, -0.05) is 78.1 Å². The number of hydrogen-bond acceptors (Lipinski definition) is 32. The van der Waals surface area contributed by atoms with Crippen molar-refractivity contribution in [3.63, 3.8) is 0 Å². The highest BCUT2D eigenvalue weighted by Gasteiger charge is 2.49. The second-order valence-electron chi connectivity index (χ2n) is 26.1. The zero-order chi connectivity index (χ0) is 80.1. The predicted molar refractivity (Wildman–Crippen MR) is 367 cm³/mol. The van der Waals surface area contributed by atoms with Crippen LogP contribution in [0.4, 0.5) is 0 Å². The van der Waals surface area contributed by atoms with Crippen LogP contribution in [0, 0.1) is 11.8 Å². The van der Waals surface area contributed by atoms with Crippen molar-refractivity contribution in [2.75, 3.05) is 79.0 Å². The van der Waals surface area contributed by atoms with Crippen LogP contribution in [0.2, 0.25) is 0 Å². The highest BCUT2D eigenvalue weighted by atomic mass is 32.3. The average molecular weight is 1620 g/mol. The summed E-state index contributed by atoms with van der Waals surface area (Å²) in [6, 6.07) is 0. The van der Waals surface area contributed by atoms with Gasteiger partial charge < -0.3 is 115 Å². The third kappa shape index (κ3) is 45.8. The standard InChI is InChI=1S/C63H116N4O37S3/c1-40-52(76)55(79)44(38-98-105(85,86)87)102-62(40)100-42(36-50(72)73)54(78)58(82)60(83)96-32-19-11-9-17-26-64-46(68)22-13-5-3-7-15-28-66-48(70)24-34-94-30-21-31-95-35-25-49(71)67-29-16-8-4-6-14-23-47(69)65-27-18-10-12-20-33-97-61(84)59(104-107(91,92)93)57(81)43(37-51(74)75)101-63-41(2)53(77)56(80)45(103-63)39-99-106(88,89)90/h40-45,52-63,76-84H,3-39H2,1-2H3,(H,64,68)(H,65,69)(H,66,70)(H,67,71)(H,72,73)(H,74,75)(H,85,86,87)(H,88,89,90)(H,91,92,93). The maximum absolute atomic E-state index is 12.3. The highest BCUT2D eigenvalue weighted by molar-refractivity contribution is 7.81. The second-order valence-corrected chi connectivity index (χ2v) is 29.3. The van der Waals surface area contributed by atoms with Gasteiger partial charge in [-0.3, -0.25) is 42.4 Å². The summed E-state index contributed by atoms with van der Waals surface area (Å²) in [5.41, 5.74) is 0. The molecule has 18 N–H and O–H groups in total. The van der Waals surface area contributed by atoms with Gasteiger partial charge in [0.2, 0.25) is 23.6 Å². The smallest absolute Gasteiger partial charge is 0.397 e. The van der Waals surface area contributed by atoms with E-state index in [0.29, 0.717) is 116 Å². The van der Waals surface area contributed by atoms with Crippen LogP contribution in [0.1, 0.15) is 174 Å². The number of carboxylic acid groups (broad SMARTS) is 2. The van der Waals surface area contributed by atoms with Crippen molar-refractivity contribution in [1.82, 2.24) is 21.3 Å². The minimum absolute atomic E-state index is 0.0513. The van der Waals surface area contributed by atoms with Crippen molar-refractivity contribution < 1.29 is 174 Å². The van der Waals surface area contributed by atoms with Crippen molar-refractivity contribution >= 4 is 66.8 Å². The first-order chi connectivity index (χ1) is 50.4. The Morgan fingerprint density at radius 3 is 1.09 bits per heavy atom. The van der Waals surface area contributed by atoms with Gasteiger partial charge in [-0.15, -0.1) is 0 Å². The molecule has 2 saturated heterocycles. The number of hydrogen-bond donors (Lipinski definition) is 18. The Balaban J connectivity index is 1.41. The van der Waals surface area contributed by atoms with Crippen LogP contribution in [0.25, 0.3) is 0 Å². The summed E-state index contributed by atoms with van der Waals surface area (Å²) in [6.07, 6.45) is -18.3. The molecule has 628 valence electrons. The Morgan fingerprint density at radius 2 is 0.729 bits per heavy atom. The normalized spacial score (nSPS) is 23.0. The molecule has 0 aliphatic carbocycles. The number of carboxylic acids is 2. The Kier molecular flexibility index (Phi) is 50.3. The lowest BCUT2D eigenvalue weighted by Gasteiger charge is -2.43. The number of nitrogens with one attached hydrogen (secondary N) is 4. The molecule has 2 rings (SSSR count). The molecule has 0 radical (unpaired) electrons. The average Bonchev–Trinajstić information content (AvgIpc) is 0.809. The van der Waals surface area contributed by atoms with Gasteiger partial charge in [0.25, 0.3) is 0 Å².